The Morgan fingerprint density at radius 3 is 2.61 bits per heavy atom. The molecule has 2 rings (SSSR count). The summed E-state index contributed by atoms with van der Waals surface area (Å²) in [6.45, 7) is 0.608. The van der Waals surface area contributed by atoms with Gasteiger partial charge in [-0.2, -0.15) is 0 Å². The molecule has 0 atom stereocenters. The molecule has 18 heavy (non-hydrogen) atoms. The van der Waals surface area contributed by atoms with Crippen molar-refractivity contribution < 1.29 is 9.18 Å². The maximum atomic E-state index is 13.4. The summed E-state index contributed by atoms with van der Waals surface area (Å²) < 4.78 is 13.4. The standard InChI is InChI=1S/C14H17ClFNO/c15-11-7-5-10(6-8-11)9-17-14(18)12-3-1-2-4-13(12)16/h1-4,10-11H,5-9H2,(H,17,18). The van der Waals surface area contributed by atoms with E-state index in [0.29, 0.717) is 12.5 Å². The summed E-state index contributed by atoms with van der Waals surface area (Å²) in [6.07, 6.45) is 4.07. The van der Waals surface area contributed by atoms with Gasteiger partial charge in [-0.1, -0.05) is 12.1 Å². The Hall–Kier alpha value is -1.09. The van der Waals surface area contributed by atoms with Crippen molar-refractivity contribution in [3.63, 3.8) is 0 Å². The molecule has 0 bridgehead atoms. The van der Waals surface area contributed by atoms with E-state index < -0.39 is 5.82 Å². The molecule has 1 aromatic rings. The van der Waals surface area contributed by atoms with E-state index in [1.165, 1.54) is 12.1 Å². The largest absolute Gasteiger partial charge is 0.352 e. The van der Waals surface area contributed by atoms with Crippen LogP contribution >= 0.6 is 11.6 Å². The van der Waals surface area contributed by atoms with Crippen LogP contribution in [0.4, 0.5) is 4.39 Å². The first kappa shape index (κ1) is 13.3. The van der Waals surface area contributed by atoms with E-state index >= 15 is 0 Å². The number of amides is 1. The topological polar surface area (TPSA) is 29.1 Å². The first-order chi connectivity index (χ1) is 8.66. The van der Waals surface area contributed by atoms with Gasteiger partial charge in [-0.15, -0.1) is 11.6 Å². The minimum atomic E-state index is -0.473. The summed E-state index contributed by atoms with van der Waals surface area (Å²) in [5.74, 6) is -0.337. The summed E-state index contributed by atoms with van der Waals surface area (Å²) in [4.78, 5) is 11.8. The number of halogens is 2. The second kappa shape index (κ2) is 6.19. The van der Waals surface area contributed by atoms with Gasteiger partial charge in [-0.05, 0) is 43.7 Å². The smallest absolute Gasteiger partial charge is 0.254 e. The molecule has 1 N–H and O–H groups in total. The molecular formula is C14H17ClFNO. The van der Waals surface area contributed by atoms with Crippen LogP contribution < -0.4 is 5.32 Å². The molecule has 0 saturated heterocycles. The molecule has 0 aromatic heterocycles. The summed E-state index contributed by atoms with van der Waals surface area (Å²) >= 11 is 6.02. The average molecular weight is 270 g/mol. The number of carbonyl (C=O) groups is 1. The average Bonchev–Trinajstić information content (AvgIpc) is 2.38. The van der Waals surface area contributed by atoms with Crippen LogP contribution in [0.1, 0.15) is 36.0 Å². The van der Waals surface area contributed by atoms with Crippen LogP contribution in [0.5, 0.6) is 0 Å². The number of carbonyl (C=O) groups excluding carboxylic acids is 1. The number of nitrogens with one attached hydrogen (secondary N) is 1. The summed E-state index contributed by atoms with van der Waals surface area (Å²) in [5.41, 5.74) is 0.114. The van der Waals surface area contributed by atoms with E-state index in [1.807, 2.05) is 0 Å². The van der Waals surface area contributed by atoms with E-state index in [4.69, 9.17) is 11.6 Å². The van der Waals surface area contributed by atoms with Crippen molar-refractivity contribution in [3.8, 4) is 0 Å². The third kappa shape index (κ3) is 3.45. The first-order valence-electron chi connectivity index (χ1n) is 6.33. The molecule has 1 aromatic carbocycles. The Labute approximate surface area is 112 Å². The van der Waals surface area contributed by atoms with Crippen LogP contribution in [0.15, 0.2) is 24.3 Å². The maximum Gasteiger partial charge on any atom is 0.254 e. The van der Waals surface area contributed by atoms with Crippen molar-refractivity contribution >= 4 is 17.5 Å². The predicted molar refractivity (Wildman–Crippen MR) is 70.3 cm³/mol. The van der Waals surface area contributed by atoms with Gasteiger partial charge in [0.2, 0.25) is 0 Å². The van der Waals surface area contributed by atoms with Crippen molar-refractivity contribution in [1.29, 1.82) is 0 Å². The molecule has 0 heterocycles. The maximum absolute atomic E-state index is 13.4. The fourth-order valence-corrected chi connectivity index (χ4v) is 2.56. The SMILES string of the molecule is O=C(NCC1CCC(Cl)CC1)c1ccccc1F. The zero-order valence-corrected chi connectivity index (χ0v) is 10.9. The predicted octanol–water partition coefficient (Wildman–Crippen LogP) is 3.35. The van der Waals surface area contributed by atoms with Crippen LogP contribution in [0.3, 0.4) is 0 Å². The number of hydrogen-bond acceptors (Lipinski definition) is 1. The van der Waals surface area contributed by atoms with E-state index in [1.54, 1.807) is 12.1 Å². The molecule has 1 saturated carbocycles. The number of hydrogen-bond donors (Lipinski definition) is 1. The van der Waals surface area contributed by atoms with Gasteiger partial charge in [0, 0.05) is 11.9 Å². The lowest BCUT2D eigenvalue weighted by Gasteiger charge is -2.25. The molecule has 98 valence electrons. The van der Waals surface area contributed by atoms with E-state index in [2.05, 4.69) is 5.32 Å². The zero-order chi connectivity index (χ0) is 13.0. The molecule has 1 aliphatic rings. The van der Waals surface area contributed by atoms with E-state index in [-0.39, 0.29) is 16.8 Å². The van der Waals surface area contributed by atoms with Gasteiger partial charge in [-0.3, -0.25) is 4.79 Å². The second-order valence-corrected chi connectivity index (χ2v) is 5.43. The van der Waals surface area contributed by atoms with Gasteiger partial charge in [-0.25, -0.2) is 4.39 Å². The molecule has 2 nitrogen and oxygen atoms in total. The quantitative estimate of drug-likeness (QED) is 0.838. The van der Waals surface area contributed by atoms with Crippen LogP contribution in [0.2, 0.25) is 0 Å². The number of alkyl halides is 1. The van der Waals surface area contributed by atoms with Crippen LogP contribution in [-0.2, 0) is 0 Å². The van der Waals surface area contributed by atoms with Gasteiger partial charge in [0.05, 0.1) is 5.56 Å². The summed E-state index contributed by atoms with van der Waals surface area (Å²) in [7, 11) is 0. The Morgan fingerprint density at radius 1 is 1.28 bits per heavy atom. The zero-order valence-electron chi connectivity index (χ0n) is 10.2. The molecule has 0 unspecified atom stereocenters. The second-order valence-electron chi connectivity index (χ2n) is 4.81. The molecule has 4 heteroatoms. The minimum absolute atomic E-state index is 0.114. The lowest BCUT2D eigenvalue weighted by atomic mass is 9.89. The highest BCUT2D eigenvalue weighted by Crippen LogP contribution is 2.27. The Morgan fingerprint density at radius 2 is 1.94 bits per heavy atom. The molecule has 1 aliphatic carbocycles. The van der Waals surface area contributed by atoms with Gasteiger partial charge >= 0.3 is 0 Å². The molecule has 0 radical (unpaired) electrons. The highest BCUT2D eigenvalue weighted by atomic mass is 35.5. The van der Waals surface area contributed by atoms with Crippen molar-refractivity contribution in [2.75, 3.05) is 6.54 Å². The van der Waals surface area contributed by atoms with Gasteiger partial charge in [0.1, 0.15) is 5.82 Å². The van der Waals surface area contributed by atoms with Gasteiger partial charge in [0.15, 0.2) is 0 Å². The van der Waals surface area contributed by atoms with Crippen molar-refractivity contribution in [1.82, 2.24) is 5.32 Å². The van der Waals surface area contributed by atoms with Gasteiger partial charge < -0.3 is 5.32 Å². The Kier molecular flexibility index (Phi) is 4.59. The summed E-state index contributed by atoms with van der Waals surface area (Å²) in [5, 5.41) is 3.08. The van der Waals surface area contributed by atoms with E-state index in [9.17, 15) is 9.18 Å². The van der Waals surface area contributed by atoms with Crippen molar-refractivity contribution in [2.24, 2.45) is 5.92 Å². The lowest BCUT2D eigenvalue weighted by molar-refractivity contribution is 0.0939. The van der Waals surface area contributed by atoms with Crippen LogP contribution in [-0.4, -0.2) is 17.8 Å². The van der Waals surface area contributed by atoms with Crippen molar-refractivity contribution in [3.05, 3.63) is 35.6 Å². The highest BCUT2D eigenvalue weighted by molar-refractivity contribution is 6.20. The summed E-state index contributed by atoms with van der Waals surface area (Å²) in [6, 6.07) is 6.04. The van der Waals surface area contributed by atoms with Crippen LogP contribution in [0, 0.1) is 11.7 Å². The Bertz CT molecular complexity index is 416. The molecule has 1 fully saturated rings. The third-order valence-corrected chi connectivity index (χ3v) is 3.88. The van der Waals surface area contributed by atoms with Crippen LogP contribution in [0.25, 0.3) is 0 Å². The fraction of sp³-hybridized carbons (Fsp3) is 0.500. The molecular weight excluding hydrogens is 253 g/mol. The number of rotatable bonds is 3. The minimum Gasteiger partial charge on any atom is -0.352 e. The van der Waals surface area contributed by atoms with E-state index in [0.717, 1.165) is 25.7 Å². The highest BCUT2D eigenvalue weighted by Gasteiger charge is 2.20. The Balaban J connectivity index is 1.84. The molecule has 0 aliphatic heterocycles. The number of benzene rings is 1. The fourth-order valence-electron chi connectivity index (χ4n) is 2.30. The monoisotopic (exact) mass is 269 g/mol. The third-order valence-electron chi connectivity index (χ3n) is 3.45. The lowest BCUT2D eigenvalue weighted by Crippen LogP contribution is -2.31. The normalized spacial score (nSPS) is 23.7. The molecule has 1 amide bonds. The van der Waals surface area contributed by atoms with Gasteiger partial charge in [0.25, 0.3) is 5.91 Å². The first-order valence-corrected chi connectivity index (χ1v) is 6.77. The van der Waals surface area contributed by atoms with Crippen molar-refractivity contribution in [2.45, 2.75) is 31.1 Å². The molecule has 0 spiro atoms.